The number of allylic oxidation sites excluding steroid dienone is 2. The molecule has 0 N–H and O–H groups in total. The standard InChI is InChI=1S/C21H21NO3S/c1-26-18-8-6-16(7-9-18)19-4-2-3-17(19)12-22-25-13-15-5-10-20-21(11-15)24-14-23-20/h5-12H,2-4,13-14H2,1H3/b22-12+. The molecule has 0 fully saturated rings. The van der Waals surface area contributed by atoms with E-state index in [1.165, 1.54) is 28.0 Å². The van der Waals surface area contributed by atoms with Crippen LogP contribution in [0.3, 0.4) is 0 Å². The van der Waals surface area contributed by atoms with Gasteiger partial charge in [-0.05, 0) is 72.1 Å². The van der Waals surface area contributed by atoms with Gasteiger partial charge in [-0.15, -0.1) is 11.8 Å². The smallest absolute Gasteiger partial charge is 0.231 e. The van der Waals surface area contributed by atoms with Crippen LogP contribution in [0, 0.1) is 0 Å². The zero-order valence-corrected chi connectivity index (χ0v) is 15.6. The molecule has 1 aliphatic carbocycles. The molecule has 0 unspecified atom stereocenters. The highest BCUT2D eigenvalue weighted by molar-refractivity contribution is 7.98. The lowest BCUT2D eigenvalue weighted by atomic mass is 10.0. The van der Waals surface area contributed by atoms with Crippen molar-refractivity contribution in [1.29, 1.82) is 0 Å². The number of nitrogens with zero attached hydrogens (tertiary/aromatic N) is 1. The molecule has 0 saturated heterocycles. The second kappa shape index (κ2) is 7.87. The third-order valence-electron chi connectivity index (χ3n) is 4.65. The van der Waals surface area contributed by atoms with Crippen LogP contribution >= 0.6 is 11.8 Å². The predicted molar refractivity (Wildman–Crippen MR) is 105 cm³/mol. The Morgan fingerprint density at radius 3 is 2.77 bits per heavy atom. The SMILES string of the molecule is CSc1ccc(C2=C(/C=N/OCc3ccc4c(c3)OCO4)CCC2)cc1. The van der Waals surface area contributed by atoms with Gasteiger partial charge in [0.05, 0.1) is 6.21 Å². The first-order valence-electron chi connectivity index (χ1n) is 8.74. The molecule has 4 rings (SSSR count). The van der Waals surface area contributed by atoms with E-state index >= 15 is 0 Å². The van der Waals surface area contributed by atoms with Crippen LogP contribution in [0.4, 0.5) is 0 Å². The minimum absolute atomic E-state index is 0.284. The average Bonchev–Trinajstić information content (AvgIpc) is 3.34. The first kappa shape index (κ1) is 17.0. The maximum Gasteiger partial charge on any atom is 0.231 e. The van der Waals surface area contributed by atoms with E-state index in [4.69, 9.17) is 14.3 Å². The summed E-state index contributed by atoms with van der Waals surface area (Å²) in [7, 11) is 0. The topological polar surface area (TPSA) is 40.0 Å². The molecule has 134 valence electrons. The molecular formula is C21H21NO3S. The summed E-state index contributed by atoms with van der Waals surface area (Å²) in [4.78, 5) is 6.78. The molecule has 2 aromatic carbocycles. The highest BCUT2D eigenvalue weighted by atomic mass is 32.2. The number of oxime groups is 1. The van der Waals surface area contributed by atoms with Crippen molar-refractivity contribution in [2.24, 2.45) is 5.16 Å². The van der Waals surface area contributed by atoms with E-state index in [0.29, 0.717) is 6.61 Å². The lowest BCUT2D eigenvalue weighted by molar-refractivity contribution is 0.132. The summed E-state index contributed by atoms with van der Waals surface area (Å²) >= 11 is 1.76. The van der Waals surface area contributed by atoms with E-state index in [0.717, 1.165) is 29.9 Å². The first-order chi connectivity index (χ1) is 12.8. The normalized spacial score (nSPS) is 15.9. The predicted octanol–water partition coefficient (Wildman–Crippen LogP) is 5.28. The molecule has 0 aromatic heterocycles. The molecule has 26 heavy (non-hydrogen) atoms. The van der Waals surface area contributed by atoms with E-state index in [2.05, 4.69) is 35.7 Å². The van der Waals surface area contributed by atoms with Crippen molar-refractivity contribution in [3.8, 4) is 11.5 Å². The van der Waals surface area contributed by atoms with Crippen LogP contribution in [-0.2, 0) is 11.4 Å². The van der Waals surface area contributed by atoms with Crippen molar-refractivity contribution in [3.63, 3.8) is 0 Å². The van der Waals surface area contributed by atoms with Crippen LogP contribution in [0.5, 0.6) is 11.5 Å². The van der Waals surface area contributed by atoms with Crippen molar-refractivity contribution in [1.82, 2.24) is 0 Å². The van der Waals surface area contributed by atoms with E-state index in [-0.39, 0.29) is 6.79 Å². The first-order valence-corrected chi connectivity index (χ1v) is 9.96. The third-order valence-corrected chi connectivity index (χ3v) is 5.39. The van der Waals surface area contributed by atoms with Crippen LogP contribution < -0.4 is 9.47 Å². The van der Waals surface area contributed by atoms with Crippen LogP contribution in [0.25, 0.3) is 5.57 Å². The van der Waals surface area contributed by atoms with E-state index in [9.17, 15) is 0 Å². The minimum Gasteiger partial charge on any atom is -0.454 e. The largest absolute Gasteiger partial charge is 0.454 e. The second-order valence-corrected chi connectivity index (χ2v) is 7.16. The quantitative estimate of drug-likeness (QED) is 0.396. The third kappa shape index (κ3) is 3.73. The Bertz CT molecular complexity index is 843. The van der Waals surface area contributed by atoms with E-state index in [1.807, 2.05) is 24.4 Å². The van der Waals surface area contributed by atoms with Crippen LogP contribution in [-0.4, -0.2) is 19.3 Å². The lowest BCUT2D eigenvalue weighted by Crippen LogP contribution is -1.93. The van der Waals surface area contributed by atoms with Gasteiger partial charge in [-0.25, -0.2) is 0 Å². The van der Waals surface area contributed by atoms with Crippen molar-refractivity contribution < 1.29 is 14.3 Å². The second-order valence-electron chi connectivity index (χ2n) is 6.28. The summed E-state index contributed by atoms with van der Waals surface area (Å²) < 4.78 is 10.7. The Morgan fingerprint density at radius 2 is 1.92 bits per heavy atom. The number of benzene rings is 2. The summed E-state index contributed by atoms with van der Waals surface area (Å²) in [6.07, 6.45) is 7.29. The number of fused-ring (bicyclic) bond motifs is 1. The molecule has 1 heterocycles. The van der Waals surface area contributed by atoms with E-state index in [1.54, 1.807) is 11.8 Å². The molecule has 5 heteroatoms. The molecular weight excluding hydrogens is 346 g/mol. The van der Waals surface area contributed by atoms with E-state index < -0.39 is 0 Å². The van der Waals surface area contributed by atoms with Gasteiger partial charge in [-0.1, -0.05) is 23.4 Å². The molecule has 2 aromatic rings. The van der Waals surface area contributed by atoms with Gasteiger partial charge in [0.15, 0.2) is 11.5 Å². The molecule has 0 radical (unpaired) electrons. The Balaban J connectivity index is 1.40. The zero-order chi connectivity index (χ0) is 17.8. The van der Waals surface area contributed by atoms with Crippen molar-refractivity contribution >= 4 is 23.5 Å². The fourth-order valence-electron chi connectivity index (χ4n) is 3.27. The van der Waals surface area contributed by atoms with Gasteiger partial charge in [0.2, 0.25) is 6.79 Å². The highest BCUT2D eigenvalue weighted by Crippen LogP contribution is 2.34. The zero-order valence-electron chi connectivity index (χ0n) is 14.7. The lowest BCUT2D eigenvalue weighted by Gasteiger charge is -2.06. The fourth-order valence-corrected chi connectivity index (χ4v) is 3.68. The number of hydrogen-bond donors (Lipinski definition) is 0. The molecule has 0 bridgehead atoms. The summed E-state index contributed by atoms with van der Waals surface area (Å²) in [5.74, 6) is 1.55. The van der Waals surface area contributed by atoms with Crippen molar-refractivity contribution in [3.05, 3.63) is 59.2 Å². The average molecular weight is 367 g/mol. The molecule has 0 atom stereocenters. The van der Waals surface area contributed by atoms with Gasteiger partial charge >= 0.3 is 0 Å². The monoisotopic (exact) mass is 367 g/mol. The fraction of sp³-hybridized carbons (Fsp3) is 0.286. The Labute approximate surface area is 157 Å². The molecule has 2 aliphatic rings. The number of hydrogen-bond acceptors (Lipinski definition) is 5. The summed E-state index contributed by atoms with van der Waals surface area (Å²) in [6.45, 7) is 0.699. The highest BCUT2D eigenvalue weighted by Gasteiger charge is 2.15. The van der Waals surface area contributed by atoms with Gasteiger partial charge in [0, 0.05) is 4.90 Å². The number of thioether (sulfide) groups is 1. The van der Waals surface area contributed by atoms with Gasteiger partial charge in [0.25, 0.3) is 0 Å². The molecule has 0 amide bonds. The Morgan fingerprint density at radius 1 is 1.08 bits per heavy atom. The summed E-state index contributed by atoms with van der Waals surface area (Å²) in [6, 6.07) is 14.6. The molecule has 0 spiro atoms. The summed E-state index contributed by atoms with van der Waals surface area (Å²) in [5, 5.41) is 4.19. The molecule has 0 saturated carbocycles. The number of ether oxygens (including phenoxy) is 2. The Hall–Kier alpha value is -2.40. The molecule has 1 aliphatic heterocycles. The maximum absolute atomic E-state index is 5.50. The van der Waals surface area contributed by atoms with Crippen LogP contribution in [0.1, 0.15) is 30.4 Å². The van der Waals surface area contributed by atoms with Gasteiger partial charge in [-0.3, -0.25) is 0 Å². The Kier molecular flexibility index (Phi) is 5.16. The van der Waals surface area contributed by atoms with Gasteiger partial charge < -0.3 is 14.3 Å². The van der Waals surface area contributed by atoms with Crippen LogP contribution in [0.2, 0.25) is 0 Å². The summed E-state index contributed by atoms with van der Waals surface area (Å²) in [5.41, 5.74) is 4.96. The van der Waals surface area contributed by atoms with Crippen LogP contribution in [0.15, 0.2) is 58.1 Å². The van der Waals surface area contributed by atoms with Crippen molar-refractivity contribution in [2.45, 2.75) is 30.8 Å². The minimum atomic E-state index is 0.284. The van der Waals surface area contributed by atoms with Crippen molar-refractivity contribution in [2.75, 3.05) is 13.0 Å². The van der Waals surface area contributed by atoms with Gasteiger partial charge in [0.1, 0.15) is 6.61 Å². The molecule has 4 nitrogen and oxygen atoms in total. The number of rotatable bonds is 6. The van der Waals surface area contributed by atoms with Gasteiger partial charge in [-0.2, -0.15) is 0 Å². The maximum atomic E-state index is 5.50.